The Morgan fingerprint density at radius 1 is 0.812 bits per heavy atom. The van der Waals surface area contributed by atoms with Crippen molar-refractivity contribution in [2.45, 2.75) is 131 Å². The van der Waals surface area contributed by atoms with E-state index in [-0.39, 0.29) is 29.9 Å². The molecule has 5 aromatic rings. The fourth-order valence-corrected chi connectivity index (χ4v) is 9.37. The van der Waals surface area contributed by atoms with Crippen molar-refractivity contribution in [3.63, 3.8) is 0 Å². The number of rotatable bonds is 9. The number of primary amides is 2. The van der Waals surface area contributed by atoms with Gasteiger partial charge < -0.3 is 40.7 Å². The van der Waals surface area contributed by atoms with Gasteiger partial charge in [0.2, 0.25) is 11.8 Å². The molecule has 2 aromatic heterocycles. The largest absolute Gasteiger partial charge is 0.453 e. The van der Waals surface area contributed by atoms with Crippen LogP contribution >= 0.6 is 0 Å². The Kier molecular flexibility index (Phi) is 17.0. The Hall–Kier alpha value is -5.92. The van der Waals surface area contributed by atoms with Crippen LogP contribution in [0, 0.1) is 17.8 Å². The molecular weight excluding hydrogens is 809 g/mol. The second-order valence-electron chi connectivity index (χ2n) is 17.7. The number of fused-ring (bicyclic) bond motifs is 4. The molecule has 3 aliphatic rings. The maximum atomic E-state index is 13.2. The predicted octanol–water partition coefficient (Wildman–Crippen LogP) is 10.2. The first-order valence-electron chi connectivity index (χ1n) is 23.0. The molecule has 2 saturated heterocycles. The van der Waals surface area contributed by atoms with Gasteiger partial charge >= 0.3 is 12.2 Å². The van der Waals surface area contributed by atoms with Crippen LogP contribution in [0.4, 0.5) is 9.59 Å². The maximum absolute atomic E-state index is 13.2. The first-order valence-corrected chi connectivity index (χ1v) is 23.0. The van der Waals surface area contributed by atoms with Crippen molar-refractivity contribution in [1.29, 1.82) is 0 Å². The highest BCUT2D eigenvalue weighted by molar-refractivity contribution is 6.05. The van der Waals surface area contributed by atoms with Gasteiger partial charge in [-0.05, 0) is 103 Å². The Morgan fingerprint density at radius 3 is 2.06 bits per heavy atom. The van der Waals surface area contributed by atoms with Gasteiger partial charge in [-0.15, -0.1) is 0 Å². The topological polar surface area (TPSA) is 203 Å². The minimum atomic E-state index is -0.745. The second-order valence-corrected chi connectivity index (χ2v) is 17.7. The number of ether oxygens (including phenoxy) is 2. The number of nitrogens with one attached hydrogen (secondary N) is 2. The Morgan fingerprint density at radius 2 is 1.44 bits per heavy atom. The van der Waals surface area contributed by atoms with Crippen LogP contribution < -0.4 is 11.5 Å². The smallest absolute Gasteiger partial charge is 0.404 e. The number of benzene rings is 3. The zero-order chi connectivity index (χ0) is 46.8. The standard InChI is InChI=1S/C44H54N6O2.2C2H5NO2.C2H6/c1-7-28-21-39(49(24-28)40(51)19-25(2)3)43-45-23-37(47-43)35-16-15-31(33-9-8-10-34(33)35)29-12-14-32-30(22-29)13-17-36-42(32)48-44(46-36)38-18-11-27(6)50(38)41(52)20-26(4)5;2*1-5-2(3)4;1-2/h12-17,22-23,25-28,38-39H,7-11,18-21,24H2,1-6H3,(H,45,47)(H,46,48);2*1H3,(H2,3,4);1-2H3. The molecule has 0 spiro atoms. The van der Waals surface area contributed by atoms with E-state index < -0.39 is 12.2 Å². The third-order valence-electron chi connectivity index (χ3n) is 12.4. The lowest BCUT2D eigenvalue weighted by Crippen LogP contribution is -2.36. The number of aromatic amines is 2. The van der Waals surface area contributed by atoms with E-state index in [1.807, 2.05) is 20.0 Å². The van der Waals surface area contributed by atoms with Gasteiger partial charge in [0.05, 0.1) is 49.2 Å². The van der Waals surface area contributed by atoms with Gasteiger partial charge in [-0.1, -0.05) is 85.2 Å². The number of H-pyrrole nitrogens is 2. The molecule has 4 unspecified atom stereocenters. The van der Waals surface area contributed by atoms with Crippen molar-refractivity contribution < 1.29 is 28.7 Å². The van der Waals surface area contributed by atoms with Crippen molar-refractivity contribution in [3.8, 4) is 22.4 Å². The number of hydrogen-bond acceptors (Lipinski definition) is 8. The predicted molar refractivity (Wildman–Crippen MR) is 253 cm³/mol. The lowest BCUT2D eigenvalue weighted by Gasteiger charge is -2.28. The molecule has 0 radical (unpaired) electrons. The zero-order valence-electron chi connectivity index (χ0n) is 39.5. The quantitative estimate of drug-likeness (QED) is 0.112. The normalized spacial score (nSPS) is 18.8. The molecule has 2 aliphatic heterocycles. The van der Waals surface area contributed by atoms with Crippen LogP contribution in [0.3, 0.4) is 0 Å². The summed E-state index contributed by atoms with van der Waals surface area (Å²) in [7, 11) is 2.45. The summed E-state index contributed by atoms with van der Waals surface area (Å²) >= 11 is 0. The van der Waals surface area contributed by atoms with Crippen LogP contribution in [-0.4, -0.2) is 80.5 Å². The van der Waals surface area contributed by atoms with Gasteiger partial charge in [0.1, 0.15) is 11.6 Å². The van der Waals surface area contributed by atoms with Crippen molar-refractivity contribution in [3.05, 3.63) is 71.4 Å². The SMILES string of the molecule is CC.CCC1CC(c2ncc(-c3ccc(-c4ccc5c(ccc6[nH]c(C7CCC(C)N7C(=O)CC(C)C)nc65)c4)c4c3CCC4)[nH]2)N(C(=O)CC(C)C)C1.COC(N)=O.COC(N)=O. The van der Waals surface area contributed by atoms with E-state index >= 15 is 0 Å². The fourth-order valence-electron chi connectivity index (χ4n) is 9.37. The third-order valence-corrected chi connectivity index (χ3v) is 12.4. The van der Waals surface area contributed by atoms with Crippen LogP contribution in [0.25, 0.3) is 44.2 Å². The average Bonchev–Trinajstić information content (AvgIpc) is 4.13. The molecule has 14 heteroatoms. The van der Waals surface area contributed by atoms with E-state index in [0.717, 1.165) is 85.3 Å². The monoisotopic (exact) mass is 879 g/mol. The van der Waals surface area contributed by atoms with E-state index in [2.05, 4.69) is 125 Å². The molecule has 1 aliphatic carbocycles. The van der Waals surface area contributed by atoms with Gasteiger partial charge in [0, 0.05) is 36.4 Å². The summed E-state index contributed by atoms with van der Waals surface area (Å²) in [4.78, 5) is 66.7. The van der Waals surface area contributed by atoms with Crippen LogP contribution in [-0.2, 0) is 31.9 Å². The van der Waals surface area contributed by atoms with E-state index in [9.17, 15) is 19.2 Å². The molecule has 4 amide bonds. The lowest BCUT2D eigenvalue weighted by molar-refractivity contribution is -0.135. The molecule has 14 nitrogen and oxygen atoms in total. The Labute approximate surface area is 378 Å². The summed E-state index contributed by atoms with van der Waals surface area (Å²) in [5.41, 5.74) is 18.5. The summed E-state index contributed by atoms with van der Waals surface area (Å²) in [5, 5.41) is 2.30. The number of nitrogens with two attached hydrogens (primary N) is 2. The number of imidazole rings is 2. The molecule has 4 atom stereocenters. The highest BCUT2D eigenvalue weighted by Gasteiger charge is 2.38. The summed E-state index contributed by atoms with van der Waals surface area (Å²) < 4.78 is 7.78. The van der Waals surface area contributed by atoms with E-state index in [4.69, 9.17) is 9.97 Å². The summed E-state index contributed by atoms with van der Waals surface area (Å²) in [6, 6.07) is 15.9. The Balaban J connectivity index is 0.000000574. The molecule has 6 N–H and O–H groups in total. The average molecular weight is 879 g/mol. The van der Waals surface area contributed by atoms with Crippen molar-refractivity contribution >= 4 is 45.8 Å². The highest BCUT2D eigenvalue weighted by Crippen LogP contribution is 2.42. The molecule has 0 bridgehead atoms. The van der Waals surface area contributed by atoms with Crippen LogP contribution in [0.5, 0.6) is 0 Å². The van der Waals surface area contributed by atoms with Crippen LogP contribution in [0.15, 0.2) is 48.7 Å². The number of carbonyl (C=O) groups is 4. The van der Waals surface area contributed by atoms with Crippen LogP contribution in [0.2, 0.25) is 0 Å². The first kappa shape index (κ1) is 49.1. The Bertz CT molecular complexity index is 2390. The van der Waals surface area contributed by atoms with Gasteiger partial charge in [-0.2, -0.15) is 0 Å². The van der Waals surface area contributed by atoms with Gasteiger partial charge in [0.25, 0.3) is 0 Å². The highest BCUT2D eigenvalue weighted by atomic mass is 16.5. The number of nitrogens with zero attached hydrogens (tertiary/aromatic N) is 4. The summed E-state index contributed by atoms with van der Waals surface area (Å²) in [5.74, 6) is 3.47. The van der Waals surface area contributed by atoms with Gasteiger partial charge in [0.15, 0.2) is 0 Å². The van der Waals surface area contributed by atoms with E-state index in [0.29, 0.717) is 30.6 Å². The van der Waals surface area contributed by atoms with E-state index in [1.165, 1.54) is 47.4 Å². The number of carbonyl (C=O) groups excluding carboxylic acids is 4. The van der Waals surface area contributed by atoms with Gasteiger partial charge in [-0.3, -0.25) is 9.59 Å². The maximum Gasteiger partial charge on any atom is 0.404 e. The first-order chi connectivity index (χ1) is 30.6. The molecule has 4 heterocycles. The van der Waals surface area contributed by atoms with Gasteiger partial charge in [-0.25, -0.2) is 19.6 Å². The minimum absolute atomic E-state index is 0.00671. The van der Waals surface area contributed by atoms with Crippen molar-refractivity contribution in [1.82, 2.24) is 29.7 Å². The number of amides is 4. The lowest BCUT2D eigenvalue weighted by atomic mass is 9.91. The molecule has 2 fully saturated rings. The molecule has 64 heavy (non-hydrogen) atoms. The summed E-state index contributed by atoms with van der Waals surface area (Å²) in [6.45, 7) is 17.7. The molecule has 3 aromatic carbocycles. The fraction of sp³-hybridized carbons (Fsp3) is 0.520. The summed E-state index contributed by atoms with van der Waals surface area (Å²) in [6.07, 6.45) is 8.87. The van der Waals surface area contributed by atoms with Crippen molar-refractivity contribution in [2.24, 2.45) is 29.2 Å². The number of hydrogen-bond donors (Lipinski definition) is 4. The number of methoxy groups -OCH3 is 2. The number of likely N-dealkylation sites (tertiary alicyclic amines) is 2. The molecule has 346 valence electrons. The van der Waals surface area contributed by atoms with Crippen LogP contribution in [0.1, 0.15) is 135 Å². The zero-order valence-corrected chi connectivity index (χ0v) is 39.5. The third kappa shape index (κ3) is 11.2. The molecule has 0 saturated carbocycles. The second kappa shape index (κ2) is 22.1. The van der Waals surface area contributed by atoms with E-state index in [1.54, 1.807) is 0 Å². The molecular formula is C50H70N8O6. The minimum Gasteiger partial charge on any atom is -0.453 e. The molecule has 8 rings (SSSR count). The number of aromatic nitrogens is 4. The van der Waals surface area contributed by atoms with Crippen molar-refractivity contribution in [2.75, 3.05) is 20.8 Å².